The largest absolute Gasteiger partial charge is 0.330 e. The third kappa shape index (κ3) is 5.07. The summed E-state index contributed by atoms with van der Waals surface area (Å²) in [4.78, 5) is 2.40. The van der Waals surface area contributed by atoms with E-state index in [4.69, 9.17) is 17.3 Å². The minimum absolute atomic E-state index is 0.161. The predicted molar refractivity (Wildman–Crippen MR) is 75.2 cm³/mol. The van der Waals surface area contributed by atoms with Crippen LogP contribution in [-0.2, 0) is 6.54 Å². The van der Waals surface area contributed by atoms with Gasteiger partial charge in [-0.05, 0) is 36.2 Å². The van der Waals surface area contributed by atoms with Gasteiger partial charge in [-0.15, -0.1) is 0 Å². The molecule has 0 saturated heterocycles. The van der Waals surface area contributed by atoms with Crippen LogP contribution in [0.4, 0.5) is 0 Å². The normalized spacial score (nSPS) is 12.1. The van der Waals surface area contributed by atoms with Crippen LogP contribution in [0.15, 0.2) is 24.3 Å². The second-order valence-corrected chi connectivity index (χ2v) is 5.74. The van der Waals surface area contributed by atoms with Gasteiger partial charge in [-0.1, -0.05) is 44.5 Å². The van der Waals surface area contributed by atoms with E-state index in [1.807, 2.05) is 18.2 Å². The first-order valence-corrected chi connectivity index (χ1v) is 6.51. The highest BCUT2D eigenvalue weighted by Gasteiger charge is 2.19. The first-order chi connectivity index (χ1) is 7.96. The molecule has 0 bridgehead atoms. The molecule has 0 unspecified atom stereocenters. The van der Waals surface area contributed by atoms with E-state index in [1.165, 1.54) is 5.56 Å². The Morgan fingerprint density at radius 2 is 2.06 bits per heavy atom. The summed E-state index contributed by atoms with van der Waals surface area (Å²) in [5.41, 5.74) is 7.20. The van der Waals surface area contributed by atoms with Crippen molar-refractivity contribution in [1.29, 1.82) is 0 Å². The molecule has 0 aliphatic heterocycles. The molecule has 3 heteroatoms. The van der Waals surface area contributed by atoms with E-state index < -0.39 is 0 Å². The molecule has 0 aliphatic carbocycles. The highest BCUT2D eigenvalue weighted by atomic mass is 35.5. The molecule has 0 fully saturated rings. The van der Waals surface area contributed by atoms with Gasteiger partial charge in [0.1, 0.15) is 0 Å². The Labute approximate surface area is 110 Å². The molecule has 1 aromatic carbocycles. The van der Waals surface area contributed by atoms with Crippen LogP contribution in [0, 0.1) is 5.41 Å². The van der Waals surface area contributed by atoms with Gasteiger partial charge in [-0.25, -0.2) is 0 Å². The van der Waals surface area contributed by atoms with Crippen LogP contribution in [-0.4, -0.2) is 24.5 Å². The van der Waals surface area contributed by atoms with Gasteiger partial charge in [0.25, 0.3) is 0 Å². The first-order valence-electron chi connectivity index (χ1n) is 6.14. The summed E-state index contributed by atoms with van der Waals surface area (Å²) in [6, 6.07) is 8.05. The summed E-state index contributed by atoms with van der Waals surface area (Å²) in [5, 5.41) is 0.802. The zero-order valence-electron chi connectivity index (χ0n) is 11.0. The molecule has 0 aliphatic rings. The standard InChI is InChI=1S/C14H23ClN2/c1-4-17(11-14(2,3)10-16)9-12-6-5-7-13(15)8-12/h5-8H,4,9-11,16H2,1-3H3. The summed E-state index contributed by atoms with van der Waals surface area (Å²) in [7, 11) is 0. The van der Waals surface area contributed by atoms with Crippen LogP contribution in [0.1, 0.15) is 26.3 Å². The van der Waals surface area contributed by atoms with E-state index in [2.05, 4.69) is 31.7 Å². The van der Waals surface area contributed by atoms with Crippen molar-refractivity contribution in [3.8, 4) is 0 Å². The highest BCUT2D eigenvalue weighted by molar-refractivity contribution is 6.30. The molecule has 0 aromatic heterocycles. The SMILES string of the molecule is CCN(Cc1cccc(Cl)c1)CC(C)(C)CN. The number of hydrogen-bond donors (Lipinski definition) is 1. The Balaban J connectivity index is 2.64. The number of nitrogens with zero attached hydrogens (tertiary/aromatic N) is 1. The molecule has 0 atom stereocenters. The van der Waals surface area contributed by atoms with Gasteiger partial charge in [-0.2, -0.15) is 0 Å². The smallest absolute Gasteiger partial charge is 0.0409 e. The van der Waals surface area contributed by atoms with Gasteiger partial charge in [0, 0.05) is 18.1 Å². The Bertz CT molecular complexity index is 350. The van der Waals surface area contributed by atoms with E-state index in [9.17, 15) is 0 Å². The van der Waals surface area contributed by atoms with Crippen LogP contribution in [0.25, 0.3) is 0 Å². The van der Waals surface area contributed by atoms with Gasteiger partial charge < -0.3 is 5.73 Å². The fraction of sp³-hybridized carbons (Fsp3) is 0.571. The van der Waals surface area contributed by atoms with E-state index >= 15 is 0 Å². The van der Waals surface area contributed by atoms with Crippen molar-refractivity contribution >= 4 is 11.6 Å². The van der Waals surface area contributed by atoms with Gasteiger partial charge in [0.15, 0.2) is 0 Å². The highest BCUT2D eigenvalue weighted by Crippen LogP contribution is 2.18. The molecule has 2 N–H and O–H groups in total. The fourth-order valence-electron chi connectivity index (χ4n) is 1.84. The fourth-order valence-corrected chi connectivity index (χ4v) is 2.06. The van der Waals surface area contributed by atoms with Crippen molar-refractivity contribution in [1.82, 2.24) is 4.90 Å². The number of rotatable bonds is 6. The van der Waals surface area contributed by atoms with Crippen molar-refractivity contribution in [3.05, 3.63) is 34.9 Å². The lowest BCUT2D eigenvalue weighted by Crippen LogP contribution is -2.38. The lowest BCUT2D eigenvalue weighted by atomic mass is 9.93. The van der Waals surface area contributed by atoms with Crippen LogP contribution in [0.2, 0.25) is 5.02 Å². The van der Waals surface area contributed by atoms with Crippen molar-refractivity contribution in [3.63, 3.8) is 0 Å². The molecule has 0 spiro atoms. The summed E-state index contributed by atoms with van der Waals surface area (Å²) in [5.74, 6) is 0. The Hall–Kier alpha value is -0.570. The molecular weight excluding hydrogens is 232 g/mol. The van der Waals surface area contributed by atoms with E-state index in [0.29, 0.717) is 6.54 Å². The topological polar surface area (TPSA) is 29.3 Å². The molecule has 17 heavy (non-hydrogen) atoms. The lowest BCUT2D eigenvalue weighted by molar-refractivity contribution is 0.183. The van der Waals surface area contributed by atoms with Gasteiger partial charge in [-0.3, -0.25) is 4.90 Å². The summed E-state index contributed by atoms with van der Waals surface area (Å²) in [6.07, 6.45) is 0. The number of hydrogen-bond acceptors (Lipinski definition) is 2. The number of benzene rings is 1. The summed E-state index contributed by atoms with van der Waals surface area (Å²) < 4.78 is 0. The second-order valence-electron chi connectivity index (χ2n) is 5.30. The summed E-state index contributed by atoms with van der Waals surface area (Å²) in [6.45, 7) is 10.3. The monoisotopic (exact) mass is 254 g/mol. The maximum Gasteiger partial charge on any atom is 0.0409 e. The second kappa shape index (κ2) is 6.39. The van der Waals surface area contributed by atoms with Crippen molar-refractivity contribution in [2.75, 3.05) is 19.6 Å². The number of halogens is 1. The van der Waals surface area contributed by atoms with E-state index in [0.717, 1.165) is 24.7 Å². The molecule has 96 valence electrons. The molecule has 2 nitrogen and oxygen atoms in total. The maximum atomic E-state index is 5.99. The maximum absolute atomic E-state index is 5.99. The first kappa shape index (κ1) is 14.5. The molecule has 0 amide bonds. The molecular formula is C14H23ClN2. The Kier molecular flexibility index (Phi) is 5.44. The van der Waals surface area contributed by atoms with Crippen LogP contribution < -0.4 is 5.73 Å². The zero-order valence-corrected chi connectivity index (χ0v) is 11.8. The third-order valence-electron chi connectivity index (χ3n) is 2.95. The average Bonchev–Trinajstić information content (AvgIpc) is 2.28. The van der Waals surface area contributed by atoms with Crippen LogP contribution >= 0.6 is 11.6 Å². The molecule has 1 rings (SSSR count). The van der Waals surface area contributed by atoms with E-state index in [1.54, 1.807) is 0 Å². The zero-order chi connectivity index (χ0) is 12.9. The van der Waals surface area contributed by atoms with Crippen molar-refractivity contribution < 1.29 is 0 Å². The predicted octanol–water partition coefficient (Wildman–Crippen LogP) is 3.15. The van der Waals surface area contributed by atoms with Crippen molar-refractivity contribution in [2.45, 2.75) is 27.3 Å². The van der Waals surface area contributed by atoms with Gasteiger partial charge >= 0.3 is 0 Å². The van der Waals surface area contributed by atoms with Gasteiger partial charge in [0.05, 0.1) is 0 Å². The van der Waals surface area contributed by atoms with Crippen molar-refractivity contribution in [2.24, 2.45) is 11.1 Å². The molecule has 0 radical (unpaired) electrons. The molecule has 0 saturated carbocycles. The minimum Gasteiger partial charge on any atom is -0.330 e. The summed E-state index contributed by atoms with van der Waals surface area (Å²) >= 11 is 5.99. The van der Waals surface area contributed by atoms with Crippen LogP contribution in [0.5, 0.6) is 0 Å². The molecule has 0 heterocycles. The quantitative estimate of drug-likeness (QED) is 0.845. The van der Waals surface area contributed by atoms with Gasteiger partial charge in [0.2, 0.25) is 0 Å². The van der Waals surface area contributed by atoms with E-state index in [-0.39, 0.29) is 5.41 Å². The lowest BCUT2D eigenvalue weighted by Gasteiger charge is -2.31. The minimum atomic E-state index is 0.161. The third-order valence-corrected chi connectivity index (χ3v) is 3.18. The number of nitrogens with two attached hydrogens (primary N) is 1. The van der Waals surface area contributed by atoms with Crippen LogP contribution in [0.3, 0.4) is 0 Å². The Morgan fingerprint density at radius 3 is 2.59 bits per heavy atom. The average molecular weight is 255 g/mol. The molecule has 1 aromatic rings. The Morgan fingerprint density at radius 1 is 1.35 bits per heavy atom.